The van der Waals surface area contributed by atoms with E-state index in [2.05, 4.69) is 13.8 Å². The Balaban J connectivity index is 2.69. The first-order valence-electron chi connectivity index (χ1n) is 4.85. The number of aliphatic hydroxyl groups excluding tert-OH is 1. The number of Topliss-reactive ketones (excluding diaryl/α,β-unsaturated/α-hetero) is 1. The highest BCUT2D eigenvalue weighted by atomic mass is 16.3. The topological polar surface area (TPSA) is 37.3 Å². The minimum atomic E-state index is -0.369. The molecule has 0 aliphatic heterocycles. The van der Waals surface area contributed by atoms with Crippen LogP contribution in [0.2, 0.25) is 0 Å². The van der Waals surface area contributed by atoms with E-state index in [1.165, 1.54) is 5.56 Å². The summed E-state index contributed by atoms with van der Waals surface area (Å²) < 4.78 is 0. The molecule has 0 saturated carbocycles. The molecule has 0 spiro atoms. The minimum Gasteiger partial charge on any atom is -0.389 e. The highest BCUT2D eigenvalue weighted by molar-refractivity contribution is 5.81. The summed E-state index contributed by atoms with van der Waals surface area (Å²) in [5, 5.41) is 8.59. The Morgan fingerprint density at radius 1 is 1.29 bits per heavy atom. The van der Waals surface area contributed by atoms with Gasteiger partial charge < -0.3 is 5.11 Å². The normalized spacial score (nSPS) is 10.6. The summed E-state index contributed by atoms with van der Waals surface area (Å²) in [5.41, 5.74) is 2.23. The molecule has 0 fully saturated rings. The average Bonchev–Trinajstić information content (AvgIpc) is 2.18. The highest BCUT2D eigenvalue weighted by Crippen LogP contribution is 2.14. The Morgan fingerprint density at radius 3 is 2.29 bits per heavy atom. The third kappa shape index (κ3) is 2.96. The van der Waals surface area contributed by atoms with Gasteiger partial charge >= 0.3 is 0 Å². The standard InChI is InChI=1S/C12H16O2/c1-9(2)11-5-3-10(4-6-11)7-12(14)8-13/h3-6,9,13H,7-8H2,1-2H3. The number of aliphatic hydroxyl groups is 1. The van der Waals surface area contributed by atoms with Crippen molar-refractivity contribution in [2.75, 3.05) is 6.61 Å². The SMILES string of the molecule is CC(C)c1ccc(CC(=O)CO)cc1. The molecule has 0 aromatic heterocycles. The third-order valence-corrected chi connectivity index (χ3v) is 2.22. The first-order chi connectivity index (χ1) is 6.63. The van der Waals surface area contributed by atoms with Crippen molar-refractivity contribution in [3.63, 3.8) is 0 Å². The Bertz CT molecular complexity index is 299. The second-order valence-electron chi connectivity index (χ2n) is 3.77. The molecule has 0 heterocycles. The smallest absolute Gasteiger partial charge is 0.162 e. The van der Waals surface area contributed by atoms with Crippen molar-refractivity contribution in [3.8, 4) is 0 Å². The summed E-state index contributed by atoms with van der Waals surface area (Å²) in [6.07, 6.45) is 0.328. The fraction of sp³-hybridized carbons (Fsp3) is 0.417. The summed E-state index contributed by atoms with van der Waals surface area (Å²) in [6.45, 7) is 3.90. The zero-order valence-corrected chi connectivity index (χ0v) is 8.66. The van der Waals surface area contributed by atoms with Gasteiger partial charge in [0.1, 0.15) is 6.61 Å². The summed E-state index contributed by atoms with van der Waals surface area (Å²) in [7, 11) is 0. The fourth-order valence-corrected chi connectivity index (χ4v) is 1.30. The molecule has 1 aromatic carbocycles. The molecule has 0 radical (unpaired) electrons. The van der Waals surface area contributed by atoms with Crippen molar-refractivity contribution in [1.82, 2.24) is 0 Å². The van der Waals surface area contributed by atoms with E-state index in [9.17, 15) is 4.79 Å². The van der Waals surface area contributed by atoms with Crippen LogP contribution < -0.4 is 0 Å². The number of carbonyl (C=O) groups is 1. The zero-order chi connectivity index (χ0) is 10.6. The Kier molecular flexibility index (Phi) is 3.84. The van der Waals surface area contributed by atoms with Crippen LogP contribution in [-0.2, 0) is 11.2 Å². The molecule has 0 aliphatic rings. The number of hydrogen-bond donors (Lipinski definition) is 1. The number of ketones is 1. The quantitative estimate of drug-likeness (QED) is 0.791. The van der Waals surface area contributed by atoms with Crippen LogP contribution in [0.4, 0.5) is 0 Å². The molecule has 0 unspecified atom stereocenters. The van der Waals surface area contributed by atoms with Crippen LogP contribution in [0.15, 0.2) is 24.3 Å². The van der Waals surface area contributed by atoms with E-state index < -0.39 is 0 Å². The average molecular weight is 192 g/mol. The molecule has 0 amide bonds. The highest BCUT2D eigenvalue weighted by Gasteiger charge is 2.02. The van der Waals surface area contributed by atoms with Crippen LogP contribution >= 0.6 is 0 Å². The lowest BCUT2D eigenvalue weighted by molar-refractivity contribution is -0.121. The van der Waals surface area contributed by atoms with E-state index in [0.29, 0.717) is 12.3 Å². The molecule has 0 aliphatic carbocycles. The zero-order valence-electron chi connectivity index (χ0n) is 8.66. The van der Waals surface area contributed by atoms with Gasteiger partial charge in [-0.05, 0) is 17.0 Å². The van der Waals surface area contributed by atoms with Crippen molar-refractivity contribution in [1.29, 1.82) is 0 Å². The second-order valence-corrected chi connectivity index (χ2v) is 3.77. The van der Waals surface area contributed by atoms with Crippen molar-refractivity contribution in [3.05, 3.63) is 35.4 Å². The van der Waals surface area contributed by atoms with Gasteiger partial charge in [-0.25, -0.2) is 0 Å². The lowest BCUT2D eigenvalue weighted by Crippen LogP contribution is -2.07. The van der Waals surface area contributed by atoms with Crippen LogP contribution in [0.5, 0.6) is 0 Å². The predicted molar refractivity (Wildman–Crippen MR) is 56.3 cm³/mol. The molecule has 14 heavy (non-hydrogen) atoms. The molecular formula is C12H16O2. The molecular weight excluding hydrogens is 176 g/mol. The van der Waals surface area contributed by atoms with Gasteiger partial charge in [0.2, 0.25) is 0 Å². The molecule has 76 valence electrons. The van der Waals surface area contributed by atoms with Crippen molar-refractivity contribution in [2.24, 2.45) is 0 Å². The molecule has 1 rings (SSSR count). The molecule has 0 saturated heterocycles. The van der Waals surface area contributed by atoms with Crippen molar-refractivity contribution < 1.29 is 9.90 Å². The van der Waals surface area contributed by atoms with E-state index in [1.54, 1.807) is 0 Å². The monoisotopic (exact) mass is 192 g/mol. The van der Waals surface area contributed by atoms with Crippen molar-refractivity contribution in [2.45, 2.75) is 26.2 Å². The first-order valence-corrected chi connectivity index (χ1v) is 4.85. The molecule has 1 N–H and O–H groups in total. The summed E-state index contributed by atoms with van der Waals surface area (Å²) in [5.74, 6) is 0.375. The van der Waals surface area contributed by atoms with E-state index >= 15 is 0 Å². The molecule has 0 bridgehead atoms. The van der Waals surface area contributed by atoms with Gasteiger partial charge in [0.05, 0.1) is 0 Å². The maximum absolute atomic E-state index is 11.0. The van der Waals surface area contributed by atoms with Crippen LogP contribution in [0.1, 0.15) is 30.9 Å². The molecule has 0 atom stereocenters. The molecule has 2 nitrogen and oxygen atoms in total. The van der Waals surface area contributed by atoms with Gasteiger partial charge in [-0.15, -0.1) is 0 Å². The van der Waals surface area contributed by atoms with E-state index in [0.717, 1.165) is 5.56 Å². The second kappa shape index (κ2) is 4.91. The van der Waals surface area contributed by atoms with Crippen LogP contribution in [-0.4, -0.2) is 17.5 Å². The largest absolute Gasteiger partial charge is 0.389 e. The van der Waals surface area contributed by atoms with E-state index in [4.69, 9.17) is 5.11 Å². The van der Waals surface area contributed by atoms with Gasteiger partial charge in [0.15, 0.2) is 5.78 Å². The fourth-order valence-electron chi connectivity index (χ4n) is 1.30. The number of rotatable bonds is 4. The van der Waals surface area contributed by atoms with E-state index in [-0.39, 0.29) is 12.4 Å². The van der Waals surface area contributed by atoms with Crippen LogP contribution in [0.3, 0.4) is 0 Å². The molecule has 2 heteroatoms. The third-order valence-electron chi connectivity index (χ3n) is 2.22. The summed E-state index contributed by atoms with van der Waals surface area (Å²) in [4.78, 5) is 11.0. The Hall–Kier alpha value is -1.15. The Morgan fingerprint density at radius 2 is 1.86 bits per heavy atom. The summed E-state index contributed by atoms with van der Waals surface area (Å²) >= 11 is 0. The maximum atomic E-state index is 11.0. The van der Waals surface area contributed by atoms with E-state index in [1.807, 2.05) is 24.3 Å². The van der Waals surface area contributed by atoms with Gasteiger partial charge in [0, 0.05) is 6.42 Å². The van der Waals surface area contributed by atoms with Gasteiger partial charge in [0.25, 0.3) is 0 Å². The first kappa shape index (κ1) is 10.9. The number of hydrogen-bond acceptors (Lipinski definition) is 2. The minimum absolute atomic E-state index is 0.137. The maximum Gasteiger partial charge on any atom is 0.162 e. The lowest BCUT2D eigenvalue weighted by atomic mass is 10.0. The number of benzene rings is 1. The van der Waals surface area contributed by atoms with Crippen LogP contribution in [0, 0.1) is 0 Å². The van der Waals surface area contributed by atoms with Gasteiger partial charge in [-0.2, -0.15) is 0 Å². The van der Waals surface area contributed by atoms with Crippen molar-refractivity contribution >= 4 is 5.78 Å². The van der Waals surface area contributed by atoms with Crippen LogP contribution in [0.25, 0.3) is 0 Å². The Labute approximate surface area is 84.6 Å². The van der Waals surface area contributed by atoms with Gasteiger partial charge in [-0.1, -0.05) is 38.1 Å². The lowest BCUT2D eigenvalue weighted by Gasteiger charge is -2.05. The summed E-state index contributed by atoms with van der Waals surface area (Å²) in [6, 6.07) is 7.96. The predicted octanol–water partition coefficient (Wildman–Crippen LogP) is 1.91. The molecule has 1 aromatic rings. The van der Waals surface area contributed by atoms with Gasteiger partial charge in [-0.3, -0.25) is 4.79 Å². The number of carbonyl (C=O) groups excluding carboxylic acids is 1.